The third-order valence-electron chi connectivity index (χ3n) is 5.74. The van der Waals surface area contributed by atoms with Gasteiger partial charge in [0.05, 0.1) is 40.2 Å². The molecule has 0 aliphatic carbocycles. The zero-order chi connectivity index (χ0) is 21.3. The number of benzene rings is 1. The summed E-state index contributed by atoms with van der Waals surface area (Å²) in [6.07, 6.45) is 0.695. The number of hydrogen-bond acceptors (Lipinski definition) is 5. The van der Waals surface area contributed by atoms with Gasteiger partial charge in [-0.15, -0.1) is 0 Å². The van der Waals surface area contributed by atoms with Gasteiger partial charge in [0.15, 0.2) is 8.32 Å². The van der Waals surface area contributed by atoms with Crippen molar-refractivity contribution < 1.29 is 9.22 Å². The highest BCUT2D eigenvalue weighted by Crippen LogP contribution is 2.39. The first-order valence-electron chi connectivity index (χ1n) is 9.54. The van der Waals surface area contributed by atoms with E-state index in [4.69, 9.17) is 21.8 Å². The molecule has 0 bridgehead atoms. The largest absolute Gasteiger partial charge is 0.412 e. The topological polar surface area (TPSA) is 91.4 Å². The summed E-state index contributed by atoms with van der Waals surface area (Å²) < 4.78 is 6.63. The fourth-order valence-electron chi connectivity index (χ4n) is 3.17. The molecule has 0 aromatic heterocycles. The Bertz CT molecular complexity index is 786. The van der Waals surface area contributed by atoms with Crippen molar-refractivity contribution in [3.63, 3.8) is 0 Å². The molecule has 0 spiro atoms. The SMILES string of the molecule is CC(=O)NC1CN(c2cc(C#N)cc(N)c2Cl)CCC1O[Si](C)(C)C(C)(C)C. The van der Waals surface area contributed by atoms with E-state index in [1.807, 2.05) is 0 Å². The Kier molecular flexibility index (Phi) is 6.69. The summed E-state index contributed by atoms with van der Waals surface area (Å²) in [7, 11) is -1.98. The summed E-state index contributed by atoms with van der Waals surface area (Å²) >= 11 is 6.42. The number of carbonyl (C=O) groups is 1. The molecule has 1 aromatic carbocycles. The average molecular weight is 423 g/mol. The molecule has 8 heteroatoms. The number of nitrogens with zero attached hydrogens (tertiary/aromatic N) is 2. The highest BCUT2D eigenvalue weighted by atomic mass is 35.5. The first kappa shape index (κ1) is 22.5. The van der Waals surface area contributed by atoms with Crippen molar-refractivity contribution >= 4 is 37.2 Å². The lowest BCUT2D eigenvalue weighted by atomic mass is 10.0. The van der Waals surface area contributed by atoms with Crippen LogP contribution in [0, 0.1) is 11.3 Å². The Morgan fingerprint density at radius 1 is 1.43 bits per heavy atom. The van der Waals surface area contributed by atoms with E-state index in [0.717, 1.165) is 12.1 Å². The molecule has 1 amide bonds. The summed E-state index contributed by atoms with van der Waals surface area (Å²) in [5.41, 5.74) is 7.55. The molecule has 2 unspecified atom stereocenters. The number of hydrogen-bond donors (Lipinski definition) is 2. The van der Waals surface area contributed by atoms with E-state index in [-0.39, 0.29) is 23.1 Å². The number of nitrogens with one attached hydrogen (secondary N) is 1. The first-order valence-corrected chi connectivity index (χ1v) is 12.8. The van der Waals surface area contributed by atoms with Gasteiger partial charge in [-0.05, 0) is 36.7 Å². The van der Waals surface area contributed by atoms with E-state index in [1.54, 1.807) is 12.1 Å². The summed E-state index contributed by atoms with van der Waals surface area (Å²) in [6.45, 7) is 13.8. The number of nitrogen functional groups attached to an aromatic ring is 1. The smallest absolute Gasteiger partial charge is 0.217 e. The Morgan fingerprint density at radius 3 is 2.61 bits per heavy atom. The summed E-state index contributed by atoms with van der Waals surface area (Å²) in [5.74, 6) is -0.0907. The zero-order valence-corrected chi connectivity index (χ0v) is 19.4. The van der Waals surface area contributed by atoms with Gasteiger partial charge in [0, 0.05) is 20.0 Å². The second-order valence-corrected chi connectivity index (χ2v) is 14.1. The fourth-order valence-corrected chi connectivity index (χ4v) is 4.79. The molecule has 1 fully saturated rings. The van der Waals surface area contributed by atoms with Gasteiger partial charge in [-0.1, -0.05) is 32.4 Å². The summed E-state index contributed by atoms with van der Waals surface area (Å²) in [4.78, 5) is 13.9. The van der Waals surface area contributed by atoms with Gasteiger partial charge in [0.1, 0.15) is 0 Å². The Hall–Kier alpha value is -1.75. The monoisotopic (exact) mass is 422 g/mol. The van der Waals surface area contributed by atoms with E-state index in [9.17, 15) is 10.1 Å². The molecule has 6 nitrogen and oxygen atoms in total. The molecule has 1 aliphatic rings. The van der Waals surface area contributed by atoms with Gasteiger partial charge in [-0.3, -0.25) is 4.79 Å². The van der Waals surface area contributed by atoms with Crippen LogP contribution in [0.4, 0.5) is 11.4 Å². The number of nitriles is 1. The van der Waals surface area contributed by atoms with Crippen molar-refractivity contribution in [1.29, 1.82) is 5.26 Å². The van der Waals surface area contributed by atoms with E-state index in [2.05, 4.69) is 50.2 Å². The number of anilines is 2. The molecule has 2 atom stereocenters. The van der Waals surface area contributed by atoms with Crippen molar-refractivity contribution in [1.82, 2.24) is 5.32 Å². The highest BCUT2D eigenvalue weighted by Gasteiger charge is 2.42. The molecule has 0 radical (unpaired) electrons. The zero-order valence-electron chi connectivity index (χ0n) is 17.6. The quantitative estimate of drug-likeness (QED) is 0.567. The summed E-state index contributed by atoms with van der Waals surface area (Å²) in [5, 5.41) is 12.8. The number of rotatable bonds is 4. The Morgan fingerprint density at radius 2 is 2.07 bits per heavy atom. The molecule has 1 aliphatic heterocycles. The third kappa shape index (κ3) is 4.99. The first-order chi connectivity index (χ1) is 12.9. The molecule has 1 heterocycles. The second-order valence-electron chi connectivity index (χ2n) is 8.97. The van der Waals surface area contributed by atoms with Crippen LogP contribution in [0.1, 0.15) is 39.7 Å². The van der Waals surface area contributed by atoms with Crippen molar-refractivity contribution in [3.05, 3.63) is 22.7 Å². The van der Waals surface area contributed by atoms with Crippen molar-refractivity contribution in [2.24, 2.45) is 0 Å². The number of halogens is 1. The van der Waals surface area contributed by atoms with Crippen molar-refractivity contribution in [3.8, 4) is 6.07 Å². The number of carbonyl (C=O) groups excluding carboxylic acids is 1. The van der Waals surface area contributed by atoms with Gasteiger partial charge in [0.2, 0.25) is 5.91 Å². The standard InChI is InChI=1S/C20H31ClN4O2Si/c1-13(26)24-16-12-25(17-10-14(11-22)9-15(23)19(17)21)8-7-18(16)27-28(5,6)20(2,3)4/h9-10,16,18H,7-8,12,23H2,1-6H3,(H,24,26). The normalized spacial score (nSPS) is 20.6. The van der Waals surface area contributed by atoms with Gasteiger partial charge in [-0.25, -0.2) is 0 Å². The number of amides is 1. The molecule has 28 heavy (non-hydrogen) atoms. The Labute approximate surface area is 174 Å². The van der Waals surface area contributed by atoms with Gasteiger partial charge >= 0.3 is 0 Å². The van der Waals surface area contributed by atoms with E-state index in [1.165, 1.54) is 6.92 Å². The van der Waals surface area contributed by atoms with Crippen LogP contribution in [0.3, 0.4) is 0 Å². The van der Waals surface area contributed by atoms with Crippen LogP contribution in [-0.2, 0) is 9.22 Å². The van der Waals surface area contributed by atoms with Crippen LogP contribution >= 0.6 is 11.6 Å². The molecule has 1 aromatic rings. The predicted octanol–water partition coefficient (Wildman–Crippen LogP) is 3.90. The van der Waals surface area contributed by atoms with E-state index in [0.29, 0.717) is 29.4 Å². The van der Waals surface area contributed by atoms with Gasteiger partial charge < -0.3 is 20.4 Å². The number of piperidine rings is 1. The van der Waals surface area contributed by atoms with Gasteiger partial charge in [-0.2, -0.15) is 5.26 Å². The fraction of sp³-hybridized carbons (Fsp3) is 0.600. The minimum Gasteiger partial charge on any atom is -0.412 e. The predicted molar refractivity (Wildman–Crippen MR) is 117 cm³/mol. The average Bonchev–Trinajstić information content (AvgIpc) is 2.57. The lowest BCUT2D eigenvalue weighted by molar-refractivity contribution is -0.120. The summed E-state index contributed by atoms with van der Waals surface area (Å²) in [6, 6.07) is 5.28. The van der Waals surface area contributed by atoms with E-state index >= 15 is 0 Å². The molecular weight excluding hydrogens is 392 g/mol. The Balaban J connectivity index is 2.29. The van der Waals surface area contributed by atoms with E-state index < -0.39 is 8.32 Å². The molecular formula is C20H31ClN4O2Si. The third-order valence-corrected chi connectivity index (χ3v) is 10.7. The van der Waals surface area contributed by atoms with Crippen molar-refractivity contribution in [2.75, 3.05) is 23.7 Å². The molecule has 0 saturated carbocycles. The maximum absolute atomic E-state index is 11.8. The molecule has 154 valence electrons. The maximum Gasteiger partial charge on any atom is 0.217 e. The van der Waals surface area contributed by atoms with Crippen LogP contribution < -0.4 is 16.0 Å². The minimum atomic E-state index is -1.98. The van der Waals surface area contributed by atoms with Crippen LogP contribution in [0.2, 0.25) is 23.2 Å². The van der Waals surface area contributed by atoms with Crippen LogP contribution in [0.15, 0.2) is 12.1 Å². The van der Waals surface area contributed by atoms with Gasteiger partial charge in [0.25, 0.3) is 0 Å². The minimum absolute atomic E-state index is 0.0590. The van der Waals surface area contributed by atoms with Crippen molar-refractivity contribution in [2.45, 2.75) is 64.4 Å². The molecule has 3 N–H and O–H groups in total. The molecule has 1 saturated heterocycles. The maximum atomic E-state index is 11.8. The second kappa shape index (κ2) is 8.32. The number of nitrogens with two attached hydrogens (primary N) is 1. The lowest BCUT2D eigenvalue weighted by Crippen LogP contribution is -2.59. The van der Waals surface area contributed by atoms with Crippen LogP contribution in [0.5, 0.6) is 0 Å². The van der Waals surface area contributed by atoms with Crippen LogP contribution in [0.25, 0.3) is 0 Å². The lowest BCUT2D eigenvalue weighted by Gasteiger charge is -2.46. The van der Waals surface area contributed by atoms with Crippen LogP contribution in [-0.4, -0.2) is 39.5 Å². The highest BCUT2D eigenvalue weighted by molar-refractivity contribution is 6.74. The molecule has 2 rings (SSSR count).